The van der Waals surface area contributed by atoms with E-state index in [0.717, 1.165) is 5.56 Å². The largest absolute Gasteiger partial charge is 0.265 e. The van der Waals surface area contributed by atoms with E-state index in [-0.39, 0.29) is 16.6 Å². The molecule has 0 saturated heterocycles. The normalized spacial score (nSPS) is 14.2. The molecule has 18 heavy (non-hydrogen) atoms. The van der Waals surface area contributed by atoms with Gasteiger partial charge in [0.25, 0.3) is 0 Å². The van der Waals surface area contributed by atoms with E-state index in [1.807, 2.05) is 24.3 Å². The maximum absolute atomic E-state index is 14.1. The number of nitrogens with zero attached hydrogens (tertiary/aromatic N) is 1. The molecule has 1 aromatic heterocycles. The molecule has 0 radical (unpaired) electrons. The van der Waals surface area contributed by atoms with Gasteiger partial charge in [-0.2, -0.15) is 0 Å². The smallest absolute Gasteiger partial charge is 0.130 e. The zero-order chi connectivity index (χ0) is 13.1. The Morgan fingerprint density at radius 3 is 2.50 bits per heavy atom. The van der Waals surface area contributed by atoms with Gasteiger partial charge in [0, 0.05) is 22.8 Å². The lowest BCUT2D eigenvalue weighted by molar-refractivity contribution is 0.588. The van der Waals surface area contributed by atoms with E-state index in [1.54, 1.807) is 25.4 Å². The molecule has 0 fully saturated rings. The Kier molecular flexibility index (Phi) is 4.12. The van der Waals surface area contributed by atoms with Crippen LogP contribution in [0.25, 0.3) is 0 Å². The molecule has 1 aromatic carbocycles. The minimum Gasteiger partial charge on any atom is -0.265 e. The average molecular weight is 308 g/mol. The monoisotopic (exact) mass is 307 g/mol. The Hall–Kier alpha value is -1.22. The summed E-state index contributed by atoms with van der Waals surface area (Å²) in [4.78, 5) is 3.96. The van der Waals surface area contributed by atoms with Crippen LogP contribution >= 0.6 is 15.9 Å². The van der Waals surface area contributed by atoms with Crippen molar-refractivity contribution in [2.45, 2.75) is 24.6 Å². The maximum atomic E-state index is 14.1. The highest BCUT2D eigenvalue weighted by Crippen LogP contribution is 2.38. The fourth-order valence-electron chi connectivity index (χ4n) is 1.99. The summed E-state index contributed by atoms with van der Waals surface area (Å²) in [5.74, 6) is 0.0598. The Morgan fingerprint density at radius 1 is 1.17 bits per heavy atom. The third-order valence-electron chi connectivity index (χ3n) is 3.19. The van der Waals surface area contributed by atoms with Crippen LogP contribution in [0.4, 0.5) is 4.39 Å². The number of aryl methyl sites for hydroxylation is 1. The second-order valence-electron chi connectivity index (χ2n) is 4.45. The molecule has 0 aliphatic carbocycles. The lowest BCUT2D eigenvalue weighted by Gasteiger charge is -2.20. The number of hydrogen-bond donors (Lipinski definition) is 0. The molecule has 0 bridgehead atoms. The van der Waals surface area contributed by atoms with E-state index >= 15 is 0 Å². The van der Waals surface area contributed by atoms with E-state index in [4.69, 9.17) is 0 Å². The first-order chi connectivity index (χ1) is 8.61. The molecular weight excluding hydrogens is 293 g/mol. The van der Waals surface area contributed by atoms with Crippen molar-refractivity contribution in [3.63, 3.8) is 0 Å². The van der Waals surface area contributed by atoms with Gasteiger partial charge in [0.2, 0.25) is 0 Å². The molecule has 0 N–H and O–H groups in total. The van der Waals surface area contributed by atoms with Crippen molar-refractivity contribution in [2.24, 2.45) is 0 Å². The highest BCUT2D eigenvalue weighted by atomic mass is 79.9. The fourth-order valence-corrected chi connectivity index (χ4v) is 2.65. The lowest BCUT2D eigenvalue weighted by Crippen LogP contribution is -2.05. The van der Waals surface area contributed by atoms with Gasteiger partial charge in [-0.25, -0.2) is 4.39 Å². The predicted molar refractivity (Wildman–Crippen MR) is 75.5 cm³/mol. The molecule has 2 aromatic rings. The van der Waals surface area contributed by atoms with E-state index in [2.05, 4.69) is 27.8 Å². The maximum Gasteiger partial charge on any atom is 0.130 e. The van der Waals surface area contributed by atoms with E-state index in [1.165, 1.54) is 0 Å². The summed E-state index contributed by atoms with van der Waals surface area (Å²) in [5, 5.41) is 0. The minimum absolute atomic E-state index is 0.0419. The molecule has 0 saturated carbocycles. The summed E-state index contributed by atoms with van der Waals surface area (Å²) in [7, 11) is 0. The van der Waals surface area contributed by atoms with Crippen molar-refractivity contribution in [1.82, 2.24) is 4.98 Å². The summed E-state index contributed by atoms with van der Waals surface area (Å²) < 4.78 is 14.1. The van der Waals surface area contributed by atoms with Gasteiger partial charge in [-0.15, -0.1) is 0 Å². The number of alkyl halides is 1. The van der Waals surface area contributed by atoms with E-state index in [0.29, 0.717) is 11.1 Å². The molecule has 2 unspecified atom stereocenters. The van der Waals surface area contributed by atoms with Gasteiger partial charge in [-0.1, -0.05) is 41.1 Å². The molecular formula is C15H15BrFN. The van der Waals surface area contributed by atoms with Crippen LogP contribution in [0.2, 0.25) is 0 Å². The average Bonchev–Trinajstić information content (AvgIpc) is 2.41. The van der Waals surface area contributed by atoms with Crippen molar-refractivity contribution < 1.29 is 4.39 Å². The minimum atomic E-state index is -0.125. The summed E-state index contributed by atoms with van der Waals surface area (Å²) in [6, 6.07) is 9.44. The van der Waals surface area contributed by atoms with Crippen molar-refractivity contribution in [1.29, 1.82) is 0 Å². The topological polar surface area (TPSA) is 12.9 Å². The Labute approximate surface area is 115 Å². The second-order valence-corrected chi connectivity index (χ2v) is 5.44. The van der Waals surface area contributed by atoms with Crippen LogP contribution in [-0.2, 0) is 0 Å². The Morgan fingerprint density at radius 2 is 1.83 bits per heavy atom. The van der Waals surface area contributed by atoms with E-state index < -0.39 is 0 Å². The SMILES string of the molecule is Cc1cccc(C(Br)C(C)c2ccncc2)c1F. The first-order valence-corrected chi connectivity index (χ1v) is 6.82. The number of halogens is 2. The van der Waals surface area contributed by atoms with Gasteiger partial charge in [-0.05, 0) is 36.1 Å². The van der Waals surface area contributed by atoms with Crippen molar-refractivity contribution >= 4 is 15.9 Å². The third-order valence-corrected chi connectivity index (χ3v) is 4.48. The quantitative estimate of drug-likeness (QED) is 0.744. The van der Waals surface area contributed by atoms with Gasteiger partial charge in [0.05, 0.1) is 0 Å². The number of benzene rings is 1. The number of hydrogen-bond acceptors (Lipinski definition) is 1. The molecule has 3 heteroatoms. The molecule has 2 atom stereocenters. The summed E-state index contributed by atoms with van der Waals surface area (Å²) in [6.07, 6.45) is 3.52. The summed E-state index contributed by atoms with van der Waals surface area (Å²) >= 11 is 3.61. The highest BCUT2D eigenvalue weighted by Gasteiger charge is 2.21. The van der Waals surface area contributed by atoms with Crippen LogP contribution in [0, 0.1) is 12.7 Å². The molecule has 1 nitrogen and oxygen atoms in total. The van der Waals surface area contributed by atoms with Crippen LogP contribution < -0.4 is 0 Å². The van der Waals surface area contributed by atoms with Crippen LogP contribution in [0.15, 0.2) is 42.7 Å². The molecule has 1 heterocycles. The molecule has 0 amide bonds. The first-order valence-electron chi connectivity index (χ1n) is 5.90. The molecule has 0 aliphatic rings. The lowest BCUT2D eigenvalue weighted by atomic mass is 9.93. The van der Waals surface area contributed by atoms with Crippen LogP contribution in [0.1, 0.15) is 34.4 Å². The van der Waals surface area contributed by atoms with Gasteiger partial charge >= 0.3 is 0 Å². The van der Waals surface area contributed by atoms with Gasteiger partial charge in [0.1, 0.15) is 5.82 Å². The zero-order valence-corrected chi connectivity index (χ0v) is 12.0. The molecule has 0 aliphatic heterocycles. The Bertz CT molecular complexity index is 527. The van der Waals surface area contributed by atoms with Crippen molar-refractivity contribution in [2.75, 3.05) is 0 Å². The summed E-state index contributed by atoms with van der Waals surface area (Å²) in [6.45, 7) is 3.87. The van der Waals surface area contributed by atoms with Gasteiger partial charge in [0.15, 0.2) is 0 Å². The molecule has 2 rings (SSSR count). The number of pyridine rings is 1. The predicted octanol–water partition coefficient (Wildman–Crippen LogP) is 4.77. The zero-order valence-electron chi connectivity index (χ0n) is 10.4. The standard InChI is InChI=1S/C15H15BrFN/c1-10-4-3-5-13(15(10)17)14(16)11(2)12-6-8-18-9-7-12/h3-9,11,14H,1-2H3. The van der Waals surface area contributed by atoms with Crippen LogP contribution in [0.3, 0.4) is 0 Å². The molecule has 94 valence electrons. The summed E-state index contributed by atoms with van der Waals surface area (Å²) in [5.41, 5.74) is 2.53. The van der Waals surface area contributed by atoms with E-state index in [9.17, 15) is 4.39 Å². The second kappa shape index (κ2) is 5.61. The van der Waals surface area contributed by atoms with Gasteiger partial charge in [-0.3, -0.25) is 4.98 Å². The van der Waals surface area contributed by atoms with Gasteiger partial charge < -0.3 is 0 Å². The first kappa shape index (κ1) is 13.2. The number of rotatable bonds is 3. The third kappa shape index (κ3) is 2.61. The van der Waals surface area contributed by atoms with Crippen LogP contribution in [0.5, 0.6) is 0 Å². The molecule has 0 spiro atoms. The number of aromatic nitrogens is 1. The van der Waals surface area contributed by atoms with Crippen molar-refractivity contribution in [3.8, 4) is 0 Å². The highest BCUT2D eigenvalue weighted by molar-refractivity contribution is 9.09. The van der Waals surface area contributed by atoms with Crippen LogP contribution in [-0.4, -0.2) is 4.98 Å². The van der Waals surface area contributed by atoms with Crippen molar-refractivity contribution in [3.05, 3.63) is 65.2 Å². The fraction of sp³-hybridized carbons (Fsp3) is 0.267. The Balaban J connectivity index is 2.31.